The minimum atomic E-state index is -0.244. The SMILES string of the molecule is NC(=O)C(CS)N1CCCCC1. The number of likely N-dealkylation sites (tertiary alicyclic amines) is 1. The van der Waals surface area contributed by atoms with Gasteiger partial charge in [0.15, 0.2) is 0 Å². The molecule has 0 aromatic heterocycles. The fourth-order valence-electron chi connectivity index (χ4n) is 1.62. The van der Waals surface area contributed by atoms with Crippen LogP contribution in [0.5, 0.6) is 0 Å². The van der Waals surface area contributed by atoms with Crippen molar-refractivity contribution in [3.05, 3.63) is 0 Å². The Balaban J connectivity index is 2.46. The lowest BCUT2D eigenvalue weighted by molar-refractivity contribution is -0.122. The molecule has 2 N–H and O–H groups in total. The van der Waals surface area contributed by atoms with Crippen LogP contribution in [0.2, 0.25) is 0 Å². The Bertz CT molecular complexity index is 157. The highest BCUT2D eigenvalue weighted by molar-refractivity contribution is 7.80. The highest BCUT2D eigenvalue weighted by Crippen LogP contribution is 2.12. The van der Waals surface area contributed by atoms with Crippen LogP contribution in [0.15, 0.2) is 0 Å². The van der Waals surface area contributed by atoms with Crippen molar-refractivity contribution >= 4 is 18.5 Å². The molecule has 0 bridgehead atoms. The third kappa shape index (κ3) is 2.38. The molecule has 4 heteroatoms. The lowest BCUT2D eigenvalue weighted by Gasteiger charge is -2.31. The number of carbonyl (C=O) groups excluding carboxylic acids is 1. The Morgan fingerprint density at radius 1 is 1.42 bits per heavy atom. The van der Waals surface area contributed by atoms with Gasteiger partial charge >= 0.3 is 0 Å². The van der Waals surface area contributed by atoms with E-state index in [1.165, 1.54) is 19.3 Å². The van der Waals surface area contributed by atoms with Crippen LogP contribution < -0.4 is 5.73 Å². The third-order valence-corrected chi connectivity index (χ3v) is 2.68. The highest BCUT2D eigenvalue weighted by Gasteiger charge is 2.23. The van der Waals surface area contributed by atoms with Gasteiger partial charge in [-0.2, -0.15) is 12.6 Å². The Hall–Kier alpha value is -0.220. The molecule has 3 nitrogen and oxygen atoms in total. The minimum absolute atomic E-state index is 0.159. The highest BCUT2D eigenvalue weighted by atomic mass is 32.1. The van der Waals surface area contributed by atoms with Crippen LogP contribution in [0.3, 0.4) is 0 Å². The van der Waals surface area contributed by atoms with Crippen LogP contribution in [-0.2, 0) is 4.79 Å². The fraction of sp³-hybridized carbons (Fsp3) is 0.875. The first-order chi connectivity index (χ1) is 5.75. The van der Waals surface area contributed by atoms with Gasteiger partial charge in [0.25, 0.3) is 0 Å². The molecule has 1 aliphatic heterocycles. The third-order valence-electron chi connectivity index (χ3n) is 2.33. The second kappa shape index (κ2) is 4.72. The first-order valence-corrected chi connectivity index (χ1v) is 5.03. The predicted octanol–water partition coefficient (Wildman–Crippen LogP) is 0.256. The van der Waals surface area contributed by atoms with Crippen LogP contribution in [-0.4, -0.2) is 35.7 Å². The summed E-state index contributed by atoms with van der Waals surface area (Å²) in [6.07, 6.45) is 3.63. The number of nitrogens with zero attached hydrogens (tertiary/aromatic N) is 1. The van der Waals surface area contributed by atoms with E-state index in [9.17, 15) is 4.79 Å². The molecule has 0 radical (unpaired) electrons. The van der Waals surface area contributed by atoms with E-state index >= 15 is 0 Å². The normalized spacial score (nSPS) is 22.1. The summed E-state index contributed by atoms with van der Waals surface area (Å²) in [4.78, 5) is 13.1. The number of rotatable bonds is 3. The van der Waals surface area contributed by atoms with Gasteiger partial charge in [-0.1, -0.05) is 6.42 Å². The van der Waals surface area contributed by atoms with Crippen molar-refractivity contribution in [3.8, 4) is 0 Å². The molecule has 1 fully saturated rings. The van der Waals surface area contributed by atoms with E-state index in [2.05, 4.69) is 17.5 Å². The average molecular weight is 188 g/mol. The molecule has 1 rings (SSSR count). The maximum absolute atomic E-state index is 11.0. The molecular formula is C8H16N2OS. The largest absolute Gasteiger partial charge is 0.368 e. The molecule has 1 aliphatic rings. The van der Waals surface area contributed by atoms with Crippen molar-refractivity contribution in [2.75, 3.05) is 18.8 Å². The van der Waals surface area contributed by atoms with Crippen LogP contribution >= 0.6 is 12.6 Å². The summed E-state index contributed by atoms with van der Waals surface area (Å²) in [5.74, 6) is 0.293. The molecule has 1 amide bonds. The van der Waals surface area contributed by atoms with E-state index in [-0.39, 0.29) is 11.9 Å². The summed E-state index contributed by atoms with van der Waals surface area (Å²) in [6, 6.07) is -0.159. The van der Waals surface area contributed by atoms with Crippen molar-refractivity contribution < 1.29 is 4.79 Å². The van der Waals surface area contributed by atoms with E-state index in [1.54, 1.807) is 0 Å². The molecule has 12 heavy (non-hydrogen) atoms. The van der Waals surface area contributed by atoms with Gasteiger partial charge in [-0.05, 0) is 25.9 Å². The van der Waals surface area contributed by atoms with Crippen LogP contribution in [0, 0.1) is 0 Å². The van der Waals surface area contributed by atoms with Crippen molar-refractivity contribution in [1.29, 1.82) is 0 Å². The van der Waals surface area contributed by atoms with Gasteiger partial charge in [-0.25, -0.2) is 0 Å². The van der Waals surface area contributed by atoms with E-state index in [4.69, 9.17) is 5.73 Å². The number of carbonyl (C=O) groups is 1. The number of amides is 1. The van der Waals surface area contributed by atoms with Gasteiger partial charge in [-0.15, -0.1) is 0 Å². The standard InChI is InChI=1S/C8H16N2OS/c9-8(11)7(6-12)10-4-2-1-3-5-10/h7,12H,1-6H2,(H2,9,11). The maximum atomic E-state index is 11.0. The predicted molar refractivity (Wildman–Crippen MR) is 52.3 cm³/mol. The van der Waals surface area contributed by atoms with Gasteiger partial charge in [0, 0.05) is 5.75 Å². The van der Waals surface area contributed by atoms with Crippen molar-refractivity contribution in [3.63, 3.8) is 0 Å². The Kier molecular flexibility index (Phi) is 3.88. The van der Waals surface area contributed by atoms with E-state index in [0.29, 0.717) is 5.75 Å². The first-order valence-electron chi connectivity index (χ1n) is 4.40. The van der Waals surface area contributed by atoms with E-state index in [1.807, 2.05) is 0 Å². The van der Waals surface area contributed by atoms with Crippen LogP contribution in [0.1, 0.15) is 19.3 Å². The van der Waals surface area contributed by atoms with Gasteiger partial charge in [0.2, 0.25) is 5.91 Å². The number of hydrogen-bond acceptors (Lipinski definition) is 3. The number of hydrogen-bond donors (Lipinski definition) is 2. The molecular weight excluding hydrogens is 172 g/mol. The number of primary amides is 1. The Morgan fingerprint density at radius 3 is 2.42 bits per heavy atom. The summed E-state index contributed by atoms with van der Waals surface area (Å²) >= 11 is 4.12. The summed E-state index contributed by atoms with van der Waals surface area (Å²) < 4.78 is 0. The molecule has 0 spiro atoms. The van der Waals surface area contributed by atoms with Crippen LogP contribution in [0.25, 0.3) is 0 Å². The van der Waals surface area contributed by atoms with Gasteiger partial charge < -0.3 is 5.73 Å². The average Bonchev–Trinajstić information content (AvgIpc) is 2.07. The van der Waals surface area contributed by atoms with E-state index in [0.717, 1.165) is 13.1 Å². The molecule has 1 saturated heterocycles. The first kappa shape index (κ1) is 9.86. The van der Waals surface area contributed by atoms with Gasteiger partial charge in [-0.3, -0.25) is 9.69 Å². The molecule has 1 atom stereocenters. The maximum Gasteiger partial charge on any atom is 0.235 e. The van der Waals surface area contributed by atoms with Crippen LogP contribution in [0.4, 0.5) is 0 Å². The summed E-state index contributed by atoms with van der Waals surface area (Å²) in [5, 5.41) is 0. The van der Waals surface area contributed by atoms with E-state index < -0.39 is 0 Å². The van der Waals surface area contributed by atoms with Gasteiger partial charge in [0.05, 0.1) is 6.04 Å². The zero-order valence-corrected chi connectivity index (χ0v) is 8.09. The molecule has 1 unspecified atom stereocenters. The minimum Gasteiger partial charge on any atom is -0.368 e. The van der Waals surface area contributed by atoms with Crippen molar-refractivity contribution in [2.24, 2.45) is 5.73 Å². The summed E-state index contributed by atoms with van der Waals surface area (Å²) in [5.41, 5.74) is 5.25. The molecule has 0 aliphatic carbocycles. The zero-order chi connectivity index (χ0) is 8.97. The Labute approximate surface area is 78.7 Å². The lowest BCUT2D eigenvalue weighted by Crippen LogP contribution is -2.48. The van der Waals surface area contributed by atoms with Gasteiger partial charge in [0.1, 0.15) is 0 Å². The molecule has 70 valence electrons. The lowest BCUT2D eigenvalue weighted by atomic mass is 10.1. The molecule has 0 aromatic carbocycles. The zero-order valence-electron chi connectivity index (χ0n) is 7.20. The quantitative estimate of drug-likeness (QED) is 0.624. The number of piperidine rings is 1. The molecule has 1 heterocycles. The molecule has 0 saturated carbocycles. The smallest absolute Gasteiger partial charge is 0.235 e. The van der Waals surface area contributed by atoms with Crippen molar-refractivity contribution in [1.82, 2.24) is 4.90 Å². The Morgan fingerprint density at radius 2 is 2.00 bits per heavy atom. The summed E-state index contributed by atoms with van der Waals surface area (Å²) in [7, 11) is 0. The number of thiol groups is 1. The number of nitrogens with two attached hydrogens (primary N) is 1. The monoisotopic (exact) mass is 188 g/mol. The second-order valence-corrected chi connectivity index (χ2v) is 3.56. The summed E-state index contributed by atoms with van der Waals surface area (Å²) in [6.45, 7) is 1.99. The topological polar surface area (TPSA) is 46.3 Å². The second-order valence-electron chi connectivity index (χ2n) is 3.20. The molecule has 0 aromatic rings. The fourth-order valence-corrected chi connectivity index (χ4v) is 2.03. The van der Waals surface area contributed by atoms with Crippen molar-refractivity contribution in [2.45, 2.75) is 25.3 Å².